The first-order valence-electron chi connectivity index (χ1n) is 6.83. The molecule has 0 aliphatic carbocycles. The molecular weight excluding hydrogens is 269 g/mol. The number of benzene rings is 2. The van der Waals surface area contributed by atoms with Gasteiger partial charge in [-0.2, -0.15) is 0 Å². The summed E-state index contributed by atoms with van der Waals surface area (Å²) in [5, 5.41) is 0. The minimum atomic E-state index is -0.279. The maximum absolute atomic E-state index is 12.9. The highest BCUT2D eigenvalue weighted by Gasteiger charge is 2.15. The molecule has 2 rings (SSSR count). The fourth-order valence-corrected chi connectivity index (χ4v) is 1.86. The van der Waals surface area contributed by atoms with Crippen molar-refractivity contribution in [3.05, 3.63) is 65.5 Å². The molecule has 4 heteroatoms. The molecule has 0 N–H and O–H groups in total. The zero-order valence-corrected chi connectivity index (χ0v) is 12.2. The van der Waals surface area contributed by atoms with Crippen molar-refractivity contribution in [3.8, 4) is 5.75 Å². The molecule has 2 aromatic carbocycles. The number of para-hydroxylation sites is 1. The van der Waals surface area contributed by atoms with Crippen LogP contribution in [-0.2, 0) is 6.61 Å². The SMILES string of the molecule is CCN(C)C(=O)c1ccccc1OCc1ccc(F)cc1. The van der Waals surface area contributed by atoms with Gasteiger partial charge < -0.3 is 9.64 Å². The highest BCUT2D eigenvalue weighted by molar-refractivity contribution is 5.96. The number of carbonyl (C=O) groups is 1. The first-order valence-corrected chi connectivity index (χ1v) is 6.83. The van der Waals surface area contributed by atoms with Crippen molar-refractivity contribution in [3.63, 3.8) is 0 Å². The number of nitrogens with zero attached hydrogens (tertiary/aromatic N) is 1. The lowest BCUT2D eigenvalue weighted by atomic mass is 10.1. The molecule has 0 unspecified atom stereocenters. The highest BCUT2D eigenvalue weighted by atomic mass is 19.1. The maximum Gasteiger partial charge on any atom is 0.257 e. The van der Waals surface area contributed by atoms with E-state index in [9.17, 15) is 9.18 Å². The van der Waals surface area contributed by atoms with Crippen LogP contribution in [0, 0.1) is 5.82 Å². The lowest BCUT2D eigenvalue weighted by Gasteiger charge is -2.17. The summed E-state index contributed by atoms with van der Waals surface area (Å²) >= 11 is 0. The van der Waals surface area contributed by atoms with E-state index < -0.39 is 0 Å². The molecule has 21 heavy (non-hydrogen) atoms. The van der Waals surface area contributed by atoms with E-state index in [-0.39, 0.29) is 11.7 Å². The fraction of sp³-hybridized carbons (Fsp3) is 0.235. The van der Waals surface area contributed by atoms with Crippen LogP contribution in [0.5, 0.6) is 5.75 Å². The molecule has 0 spiro atoms. The maximum atomic E-state index is 12.9. The fourth-order valence-electron chi connectivity index (χ4n) is 1.86. The molecule has 0 atom stereocenters. The molecule has 0 heterocycles. The van der Waals surface area contributed by atoms with Crippen molar-refractivity contribution in [2.45, 2.75) is 13.5 Å². The van der Waals surface area contributed by atoms with Crippen LogP contribution in [-0.4, -0.2) is 24.4 Å². The largest absolute Gasteiger partial charge is 0.488 e. The van der Waals surface area contributed by atoms with Crippen LogP contribution in [0.3, 0.4) is 0 Å². The Hall–Kier alpha value is -2.36. The Bertz CT molecular complexity index is 610. The molecule has 1 amide bonds. The summed E-state index contributed by atoms with van der Waals surface area (Å²) in [6.07, 6.45) is 0. The first-order chi connectivity index (χ1) is 10.1. The normalized spacial score (nSPS) is 10.2. The lowest BCUT2D eigenvalue weighted by molar-refractivity contribution is 0.0797. The van der Waals surface area contributed by atoms with Gasteiger partial charge in [-0.05, 0) is 36.8 Å². The van der Waals surface area contributed by atoms with Crippen molar-refractivity contribution >= 4 is 5.91 Å². The van der Waals surface area contributed by atoms with Gasteiger partial charge in [-0.15, -0.1) is 0 Å². The molecule has 0 saturated heterocycles. The number of carbonyl (C=O) groups excluding carboxylic acids is 1. The zero-order valence-electron chi connectivity index (χ0n) is 12.2. The van der Waals surface area contributed by atoms with Gasteiger partial charge in [0.15, 0.2) is 0 Å². The van der Waals surface area contributed by atoms with Crippen LogP contribution in [0.25, 0.3) is 0 Å². The van der Waals surface area contributed by atoms with E-state index in [0.717, 1.165) is 5.56 Å². The minimum Gasteiger partial charge on any atom is -0.488 e. The highest BCUT2D eigenvalue weighted by Crippen LogP contribution is 2.21. The van der Waals surface area contributed by atoms with Crippen LogP contribution in [0.15, 0.2) is 48.5 Å². The minimum absolute atomic E-state index is 0.0767. The Kier molecular flexibility index (Phi) is 4.93. The summed E-state index contributed by atoms with van der Waals surface area (Å²) in [6, 6.07) is 13.2. The summed E-state index contributed by atoms with van der Waals surface area (Å²) in [7, 11) is 1.75. The average molecular weight is 287 g/mol. The van der Waals surface area contributed by atoms with Gasteiger partial charge in [0.05, 0.1) is 5.56 Å². The van der Waals surface area contributed by atoms with E-state index in [1.54, 1.807) is 36.2 Å². The molecule has 0 radical (unpaired) electrons. The number of amides is 1. The topological polar surface area (TPSA) is 29.5 Å². The summed E-state index contributed by atoms with van der Waals surface area (Å²) in [5.41, 5.74) is 1.38. The number of hydrogen-bond donors (Lipinski definition) is 0. The van der Waals surface area contributed by atoms with Crippen LogP contribution >= 0.6 is 0 Å². The standard InChI is InChI=1S/C17H18FNO2/c1-3-19(2)17(20)15-6-4-5-7-16(15)21-12-13-8-10-14(18)11-9-13/h4-11H,3,12H2,1-2H3. The van der Waals surface area contributed by atoms with Gasteiger partial charge in [-0.25, -0.2) is 4.39 Å². The predicted octanol–water partition coefficient (Wildman–Crippen LogP) is 3.50. The summed E-state index contributed by atoms with van der Waals surface area (Å²) in [4.78, 5) is 13.9. The van der Waals surface area contributed by atoms with Gasteiger partial charge >= 0.3 is 0 Å². The number of rotatable bonds is 5. The van der Waals surface area contributed by atoms with E-state index >= 15 is 0 Å². The Morgan fingerprint density at radius 3 is 2.48 bits per heavy atom. The lowest BCUT2D eigenvalue weighted by Crippen LogP contribution is -2.26. The molecule has 0 aliphatic heterocycles. The van der Waals surface area contributed by atoms with Gasteiger partial charge in [-0.3, -0.25) is 4.79 Å². The molecule has 0 aliphatic rings. The van der Waals surface area contributed by atoms with Crippen molar-refractivity contribution in [2.75, 3.05) is 13.6 Å². The Labute approximate surface area is 124 Å². The predicted molar refractivity (Wildman–Crippen MR) is 79.8 cm³/mol. The molecule has 0 saturated carbocycles. The van der Waals surface area contributed by atoms with E-state index in [4.69, 9.17) is 4.74 Å². The second-order valence-corrected chi connectivity index (χ2v) is 4.73. The third-order valence-corrected chi connectivity index (χ3v) is 3.25. The summed E-state index contributed by atoms with van der Waals surface area (Å²) in [5.74, 6) is 0.179. The quantitative estimate of drug-likeness (QED) is 0.842. The molecular formula is C17H18FNO2. The third-order valence-electron chi connectivity index (χ3n) is 3.25. The summed E-state index contributed by atoms with van der Waals surface area (Å²) in [6.45, 7) is 2.84. The average Bonchev–Trinajstić information content (AvgIpc) is 2.53. The molecule has 3 nitrogen and oxygen atoms in total. The second kappa shape index (κ2) is 6.88. The monoisotopic (exact) mass is 287 g/mol. The third kappa shape index (κ3) is 3.81. The van der Waals surface area contributed by atoms with Crippen LogP contribution in [0.1, 0.15) is 22.8 Å². The van der Waals surface area contributed by atoms with Gasteiger partial charge in [0.1, 0.15) is 18.2 Å². The van der Waals surface area contributed by atoms with E-state index in [0.29, 0.717) is 24.5 Å². The van der Waals surface area contributed by atoms with Crippen molar-refractivity contribution in [2.24, 2.45) is 0 Å². The smallest absolute Gasteiger partial charge is 0.257 e. The molecule has 0 bridgehead atoms. The van der Waals surface area contributed by atoms with Crippen LogP contribution < -0.4 is 4.74 Å². The van der Waals surface area contributed by atoms with Gasteiger partial charge in [0, 0.05) is 13.6 Å². The number of hydrogen-bond acceptors (Lipinski definition) is 2. The van der Waals surface area contributed by atoms with Crippen molar-refractivity contribution < 1.29 is 13.9 Å². The molecule has 2 aromatic rings. The zero-order chi connectivity index (χ0) is 15.2. The Morgan fingerprint density at radius 2 is 1.81 bits per heavy atom. The summed E-state index contributed by atoms with van der Waals surface area (Å²) < 4.78 is 18.6. The molecule has 110 valence electrons. The van der Waals surface area contributed by atoms with Gasteiger partial charge in [-0.1, -0.05) is 24.3 Å². The Balaban J connectivity index is 2.13. The number of halogens is 1. The van der Waals surface area contributed by atoms with Crippen molar-refractivity contribution in [1.29, 1.82) is 0 Å². The van der Waals surface area contributed by atoms with Gasteiger partial charge in [0.2, 0.25) is 0 Å². The van der Waals surface area contributed by atoms with E-state index in [2.05, 4.69) is 0 Å². The Morgan fingerprint density at radius 1 is 1.14 bits per heavy atom. The molecule has 0 aromatic heterocycles. The van der Waals surface area contributed by atoms with Crippen molar-refractivity contribution in [1.82, 2.24) is 4.90 Å². The van der Waals surface area contributed by atoms with Gasteiger partial charge in [0.25, 0.3) is 5.91 Å². The van der Waals surface area contributed by atoms with E-state index in [1.807, 2.05) is 19.1 Å². The van der Waals surface area contributed by atoms with Crippen LogP contribution in [0.2, 0.25) is 0 Å². The van der Waals surface area contributed by atoms with Crippen LogP contribution in [0.4, 0.5) is 4.39 Å². The second-order valence-electron chi connectivity index (χ2n) is 4.73. The first kappa shape index (κ1) is 15.0. The van der Waals surface area contributed by atoms with E-state index in [1.165, 1.54) is 12.1 Å². The molecule has 0 fully saturated rings. The number of ether oxygens (including phenoxy) is 1.